The number of rotatable bonds is 1. The highest BCUT2D eigenvalue weighted by molar-refractivity contribution is 5.58. The number of hydrogen-bond donors (Lipinski definition) is 0. The van der Waals surface area contributed by atoms with Crippen LogP contribution in [0.5, 0.6) is 0 Å². The van der Waals surface area contributed by atoms with Crippen molar-refractivity contribution < 1.29 is 0 Å². The summed E-state index contributed by atoms with van der Waals surface area (Å²) in [5.41, 5.74) is 8.68. The van der Waals surface area contributed by atoms with E-state index in [2.05, 4.69) is 65.8 Å². The number of nitrogens with zero attached hydrogens (tertiary/aromatic N) is 2. The molecule has 6 aliphatic rings. The van der Waals surface area contributed by atoms with E-state index in [4.69, 9.17) is 9.97 Å². The molecule has 2 heteroatoms. The van der Waals surface area contributed by atoms with Crippen molar-refractivity contribution in [1.29, 1.82) is 0 Å². The summed E-state index contributed by atoms with van der Waals surface area (Å²) in [7, 11) is 0. The zero-order valence-electron chi connectivity index (χ0n) is 18.1. The minimum atomic E-state index is 0.433. The molecule has 2 fully saturated rings. The van der Waals surface area contributed by atoms with Crippen LogP contribution < -0.4 is 0 Å². The van der Waals surface area contributed by atoms with Crippen LogP contribution in [0.15, 0.2) is 24.3 Å². The van der Waals surface area contributed by atoms with Gasteiger partial charge in [0.25, 0.3) is 0 Å². The Kier molecular flexibility index (Phi) is 3.11. The van der Waals surface area contributed by atoms with E-state index in [0.717, 1.165) is 23.2 Å². The minimum absolute atomic E-state index is 0.433. The van der Waals surface area contributed by atoms with E-state index < -0.39 is 0 Å². The van der Waals surface area contributed by atoms with E-state index in [-0.39, 0.29) is 0 Å². The first-order valence-electron chi connectivity index (χ1n) is 11.2. The van der Waals surface area contributed by atoms with Gasteiger partial charge in [-0.15, -0.1) is 0 Å². The average molecular weight is 373 g/mol. The Morgan fingerprint density at radius 2 is 1.07 bits per heavy atom. The van der Waals surface area contributed by atoms with Crippen molar-refractivity contribution in [2.75, 3.05) is 0 Å². The van der Waals surface area contributed by atoms with E-state index in [1.807, 2.05) is 0 Å². The highest BCUT2D eigenvalue weighted by atomic mass is 14.8. The number of aromatic nitrogens is 2. The fourth-order valence-corrected chi connectivity index (χ4v) is 7.63. The molecule has 0 N–H and O–H groups in total. The van der Waals surface area contributed by atoms with Gasteiger partial charge in [0, 0.05) is 23.2 Å². The second-order valence-electron chi connectivity index (χ2n) is 11.4. The van der Waals surface area contributed by atoms with Crippen molar-refractivity contribution >= 4 is 0 Å². The molecule has 4 bridgehead atoms. The maximum Gasteiger partial charge on any atom is 0.0889 e. The molecule has 6 atom stereocenters. The van der Waals surface area contributed by atoms with Crippen molar-refractivity contribution in [3.63, 3.8) is 0 Å². The fourth-order valence-electron chi connectivity index (χ4n) is 7.63. The van der Waals surface area contributed by atoms with E-state index >= 15 is 0 Å². The number of pyridine rings is 2. The normalized spacial score (nSPS) is 37.9. The summed E-state index contributed by atoms with van der Waals surface area (Å²) in [6, 6.07) is 9.18. The molecule has 2 nitrogen and oxygen atoms in total. The number of hydrogen-bond acceptors (Lipinski definition) is 2. The van der Waals surface area contributed by atoms with Gasteiger partial charge in [-0.2, -0.15) is 0 Å². The molecule has 0 aromatic carbocycles. The maximum atomic E-state index is 5.18. The van der Waals surface area contributed by atoms with E-state index in [1.54, 1.807) is 0 Å². The van der Waals surface area contributed by atoms with Crippen LogP contribution in [0.4, 0.5) is 0 Å². The SMILES string of the molecule is C[C@H]1c2nc(-c3ccc4c(n3)[C@H](C)[C@@H]3C[C@H]4C3(C)C)ccc2[C@H]2C[C@@H]1C2(C)C. The summed E-state index contributed by atoms with van der Waals surface area (Å²) in [6.45, 7) is 14.5. The van der Waals surface area contributed by atoms with E-state index in [9.17, 15) is 0 Å². The summed E-state index contributed by atoms with van der Waals surface area (Å²) in [5, 5.41) is 0. The first-order chi connectivity index (χ1) is 13.2. The monoisotopic (exact) mass is 372 g/mol. The highest BCUT2D eigenvalue weighted by Crippen LogP contribution is 2.67. The highest BCUT2D eigenvalue weighted by Gasteiger charge is 2.57. The second-order valence-corrected chi connectivity index (χ2v) is 11.4. The molecular weight excluding hydrogens is 340 g/mol. The zero-order valence-corrected chi connectivity index (χ0v) is 18.1. The van der Waals surface area contributed by atoms with Gasteiger partial charge in [-0.05, 0) is 70.6 Å². The van der Waals surface area contributed by atoms with E-state index in [0.29, 0.717) is 34.5 Å². The molecule has 28 heavy (non-hydrogen) atoms. The van der Waals surface area contributed by atoms with Crippen LogP contribution in [-0.4, -0.2) is 9.97 Å². The molecule has 6 aliphatic carbocycles. The first kappa shape index (κ1) is 17.2. The molecule has 2 aromatic heterocycles. The fraction of sp³-hybridized carbons (Fsp3) is 0.615. The molecule has 8 rings (SSSR count). The van der Waals surface area contributed by atoms with Crippen LogP contribution in [-0.2, 0) is 0 Å². The Hall–Kier alpha value is -1.70. The van der Waals surface area contributed by atoms with Gasteiger partial charge in [0.1, 0.15) is 0 Å². The third-order valence-corrected chi connectivity index (χ3v) is 9.68. The molecule has 2 saturated carbocycles. The van der Waals surface area contributed by atoms with Crippen LogP contribution in [0.2, 0.25) is 0 Å². The topological polar surface area (TPSA) is 25.8 Å². The smallest absolute Gasteiger partial charge is 0.0889 e. The van der Waals surface area contributed by atoms with Gasteiger partial charge in [0.15, 0.2) is 0 Å². The van der Waals surface area contributed by atoms with Crippen LogP contribution in [0.3, 0.4) is 0 Å². The Morgan fingerprint density at radius 1 is 0.679 bits per heavy atom. The van der Waals surface area contributed by atoms with Gasteiger partial charge < -0.3 is 0 Å². The zero-order chi connectivity index (χ0) is 19.6. The van der Waals surface area contributed by atoms with Gasteiger partial charge >= 0.3 is 0 Å². The Morgan fingerprint density at radius 3 is 1.43 bits per heavy atom. The average Bonchev–Trinajstić information content (AvgIpc) is 2.66. The van der Waals surface area contributed by atoms with Crippen LogP contribution in [0.1, 0.15) is 101 Å². The minimum Gasteiger partial charge on any atom is -0.251 e. The predicted octanol–water partition coefficient (Wildman–Crippen LogP) is 6.64. The molecule has 0 saturated heterocycles. The molecule has 0 unspecified atom stereocenters. The maximum absolute atomic E-state index is 5.18. The largest absolute Gasteiger partial charge is 0.251 e. The summed E-state index contributed by atoms with van der Waals surface area (Å²) >= 11 is 0. The Balaban J connectivity index is 1.41. The van der Waals surface area contributed by atoms with E-state index in [1.165, 1.54) is 35.4 Å². The van der Waals surface area contributed by atoms with Crippen molar-refractivity contribution in [3.05, 3.63) is 46.8 Å². The van der Waals surface area contributed by atoms with Crippen molar-refractivity contribution in [3.8, 4) is 11.4 Å². The molecule has 0 amide bonds. The van der Waals surface area contributed by atoms with Crippen molar-refractivity contribution in [1.82, 2.24) is 9.97 Å². The quantitative estimate of drug-likeness (QED) is 0.561. The molecular formula is C26H32N2. The summed E-state index contributed by atoms with van der Waals surface area (Å²) < 4.78 is 0. The standard InChI is InChI=1S/C26H32N2/c1-13-17-11-19(25(17,3)4)15-7-9-21(27-23(13)15)22-10-8-16-20-12-18(26(20,5)6)14(2)24(16)28-22/h7-10,13-14,17-20H,11-12H2,1-6H3/t13-,14-,17+,18+,19-,20-/m1/s1. The first-order valence-corrected chi connectivity index (χ1v) is 11.2. The van der Waals surface area contributed by atoms with Crippen LogP contribution in [0, 0.1) is 22.7 Å². The lowest BCUT2D eigenvalue weighted by atomic mass is 9.45. The van der Waals surface area contributed by atoms with Gasteiger partial charge in [-0.3, -0.25) is 9.97 Å². The molecule has 0 spiro atoms. The Bertz CT molecular complexity index is 920. The van der Waals surface area contributed by atoms with Gasteiger partial charge in [-0.25, -0.2) is 0 Å². The molecule has 0 radical (unpaired) electrons. The lowest BCUT2D eigenvalue weighted by Crippen LogP contribution is -2.50. The van der Waals surface area contributed by atoms with Crippen LogP contribution >= 0.6 is 0 Å². The molecule has 2 heterocycles. The van der Waals surface area contributed by atoms with Crippen molar-refractivity contribution in [2.45, 2.75) is 78.1 Å². The molecule has 0 aliphatic heterocycles. The predicted molar refractivity (Wildman–Crippen MR) is 114 cm³/mol. The summed E-state index contributed by atoms with van der Waals surface area (Å²) in [5.74, 6) is 4.05. The van der Waals surface area contributed by atoms with Crippen LogP contribution in [0.25, 0.3) is 11.4 Å². The second kappa shape index (κ2) is 5.07. The Labute approximate surface area is 169 Å². The van der Waals surface area contributed by atoms with Crippen molar-refractivity contribution in [2.24, 2.45) is 22.7 Å². The lowest BCUT2D eigenvalue weighted by molar-refractivity contribution is -0.00295. The van der Waals surface area contributed by atoms with Gasteiger partial charge in [-0.1, -0.05) is 53.7 Å². The molecule has 2 aromatic rings. The third kappa shape index (κ3) is 1.86. The molecule has 146 valence electrons. The summed E-state index contributed by atoms with van der Waals surface area (Å²) in [4.78, 5) is 10.4. The summed E-state index contributed by atoms with van der Waals surface area (Å²) in [6.07, 6.45) is 2.69. The van der Waals surface area contributed by atoms with Gasteiger partial charge in [0.05, 0.1) is 11.4 Å². The van der Waals surface area contributed by atoms with Gasteiger partial charge in [0.2, 0.25) is 0 Å². The lowest BCUT2D eigenvalue weighted by Gasteiger charge is -2.59. The third-order valence-electron chi connectivity index (χ3n) is 9.68.